The summed E-state index contributed by atoms with van der Waals surface area (Å²) in [5, 5.41) is 17.8. The van der Waals surface area contributed by atoms with Crippen LogP contribution in [0.15, 0.2) is 73.2 Å². The molecular formula is C28H25ClFN7O2. The van der Waals surface area contributed by atoms with E-state index in [1.54, 1.807) is 30.5 Å². The fourth-order valence-corrected chi connectivity index (χ4v) is 4.67. The van der Waals surface area contributed by atoms with Gasteiger partial charge in [-0.15, -0.1) is 5.10 Å². The fourth-order valence-electron chi connectivity index (χ4n) is 4.47. The average Bonchev–Trinajstić information content (AvgIpc) is 3.46. The van der Waals surface area contributed by atoms with Gasteiger partial charge in [0.15, 0.2) is 0 Å². The van der Waals surface area contributed by atoms with Gasteiger partial charge in [0.25, 0.3) is 0 Å². The van der Waals surface area contributed by atoms with E-state index < -0.39 is 11.9 Å². The number of anilines is 1. The largest absolute Gasteiger partial charge is 0.347 e. The third-order valence-corrected chi connectivity index (χ3v) is 6.61. The summed E-state index contributed by atoms with van der Waals surface area (Å²) in [6.45, 7) is 0. The van der Waals surface area contributed by atoms with Crippen LogP contribution in [0.4, 0.5) is 10.1 Å². The van der Waals surface area contributed by atoms with Crippen LogP contribution in [0.1, 0.15) is 43.0 Å². The smallest absolute Gasteiger partial charge is 0.224 e. The molecule has 0 radical (unpaired) electrons. The highest BCUT2D eigenvalue weighted by Crippen LogP contribution is 2.31. The number of halogens is 2. The van der Waals surface area contributed by atoms with Crippen molar-refractivity contribution in [3.05, 3.63) is 95.3 Å². The van der Waals surface area contributed by atoms with Gasteiger partial charge in [0, 0.05) is 29.6 Å². The van der Waals surface area contributed by atoms with Crippen molar-refractivity contribution in [3.8, 4) is 16.8 Å². The van der Waals surface area contributed by atoms with Gasteiger partial charge in [0.1, 0.15) is 12.1 Å². The van der Waals surface area contributed by atoms with Gasteiger partial charge in [-0.1, -0.05) is 23.8 Å². The molecule has 0 fully saturated rings. The molecule has 4 aromatic rings. The third-order valence-electron chi connectivity index (χ3n) is 6.38. The third kappa shape index (κ3) is 6.53. The standard InChI is InChI=1S/C28H25ClFN7O2/c29-20-7-10-26(37-17-32-35-36-37)19(14-20)6-11-28(39)33-23-4-2-1-3-5-27(38)34-24-16-21(30)8-9-22(24)18-12-13-31-25(23)15-18/h1-2,7-10,12-17,23H,3-6,11H2,(H,33,39)(H,34,38)/b2-1+/t23-/m0/s1. The van der Waals surface area contributed by atoms with Gasteiger partial charge in [-0.25, -0.2) is 9.07 Å². The van der Waals surface area contributed by atoms with E-state index in [0.29, 0.717) is 41.2 Å². The second-order valence-electron chi connectivity index (χ2n) is 9.10. The molecule has 2 bridgehead atoms. The van der Waals surface area contributed by atoms with Gasteiger partial charge in [-0.3, -0.25) is 14.6 Å². The first-order valence-electron chi connectivity index (χ1n) is 12.5. The zero-order valence-electron chi connectivity index (χ0n) is 20.8. The zero-order valence-corrected chi connectivity index (χ0v) is 21.6. The highest BCUT2D eigenvalue weighted by Gasteiger charge is 2.18. The Morgan fingerprint density at radius 1 is 1.15 bits per heavy atom. The van der Waals surface area contributed by atoms with Gasteiger partial charge in [-0.05, 0) is 89.3 Å². The van der Waals surface area contributed by atoms with E-state index in [-0.39, 0.29) is 24.7 Å². The molecule has 198 valence electrons. The van der Waals surface area contributed by atoms with Crippen molar-refractivity contribution in [1.82, 2.24) is 30.5 Å². The van der Waals surface area contributed by atoms with E-state index >= 15 is 0 Å². The number of aryl methyl sites for hydroxylation is 1. The zero-order chi connectivity index (χ0) is 27.2. The number of amides is 2. The molecule has 2 amide bonds. The Kier molecular flexibility index (Phi) is 8.02. The van der Waals surface area contributed by atoms with Crippen molar-refractivity contribution in [2.45, 2.75) is 38.1 Å². The number of nitrogens with zero attached hydrogens (tertiary/aromatic N) is 5. The van der Waals surface area contributed by atoms with Crippen molar-refractivity contribution in [2.24, 2.45) is 0 Å². The second kappa shape index (κ2) is 12.0. The summed E-state index contributed by atoms with van der Waals surface area (Å²) in [4.78, 5) is 30.1. The first kappa shape index (κ1) is 26.2. The predicted octanol–water partition coefficient (Wildman–Crippen LogP) is 4.99. The molecule has 0 aliphatic carbocycles. The monoisotopic (exact) mass is 545 g/mol. The van der Waals surface area contributed by atoms with Gasteiger partial charge < -0.3 is 10.6 Å². The number of carbonyl (C=O) groups excluding carboxylic acids is 2. The van der Waals surface area contributed by atoms with Crippen LogP contribution in [0.3, 0.4) is 0 Å². The van der Waals surface area contributed by atoms with E-state index in [0.717, 1.165) is 16.8 Å². The molecule has 5 rings (SSSR count). The minimum atomic E-state index is -0.444. The second-order valence-corrected chi connectivity index (χ2v) is 9.54. The molecule has 2 aromatic carbocycles. The molecule has 2 aromatic heterocycles. The number of fused-ring (bicyclic) bond motifs is 4. The molecule has 0 saturated heterocycles. The van der Waals surface area contributed by atoms with E-state index in [4.69, 9.17) is 11.6 Å². The lowest BCUT2D eigenvalue weighted by molar-refractivity contribution is -0.121. The minimum Gasteiger partial charge on any atom is -0.347 e. The van der Waals surface area contributed by atoms with Crippen LogP contribution in [0.25, 0.3) is 16.8 Å². The lowest BCUT2D eigenvalue weighted by atomic mass is 10.0. The van der Waals surface area contributed by atoms with Crippen molar-refractivity contribution in [3.63, 3.8) is 0 Å². The number of nitrogens with one attached hydrogen (secondary N) is 2. The molecule has 0 unspecified atom stereocenters. The highest BCUT2D eigenvalue weighted by atomic mass is 35.5. The molecule has 9 nitrogen and oxygen atoms in total. The van der Waals surface area contributed by atoms with Crippen molar-refractivity contribution in [2.75, 3.05) is 5.32 Å². The minimum absolute atomic E-state index is 0.160. The Labute approximate surface area is 229 Å². The van der Waals surface area contributed by atoms with Crippen LogP contribution in [-0.4, -0.2) is 37.0 Å². The quantitative estimate of drug-likeness (QED) is 0.342. The Balaban J connectivity index is 1.38. The lowest BCUT2D eigenvalue weighted by Crippen LogP contribution is -2.29. The number of aromatic nitrogens is 5. The van der Waals surface area contributed by atoms with Gasteiger partial charge in [0.2, 0.25) is 11.8 Å². The van der Waals surface area contributed by atoms with E-state index in [2.05, 4.69) is 31.1 Å². The molecule has 11 heteroatoms. The number of pyridine rings is 1. The number of benzene rings is 2. The molecule has 0 saturated carbocycles. The van der Waals surface area contributed by atoms with Gasteiger partial charge in [-0.2, -0.15) is 0 Å². The molecule has 2 N–H and O–H groups in total. The number of carbonyl (C=O) groups is 2. The summed E-state index contributed by atoms with van der Waals surface area (Å²) >= 11 is 6.22. The van der Waals surface area contributed by atoms with Crippen LogP contribution < -0.4 is 10.6 Å². The summed E-state index contributed by atoms with van der Waals surface area (Å²) in [5.74, 6) is -0.806. The van der Waals surface area contributed by atoms with Crippen LogP contribution in [-0.2, 0) is 16.0 Å². The molecular weight excluding hydrogens is 521 g/mol. The van der Waals surface area contributed by atoms with Crippen molar-refractivity contribution in [1.29, 1.82) is 0 Å². The summed E-state index contributed by atoms with van der Waals surface area (Å²) < 4.78 is 15.5. The van der Waals surface area contributed by atoms with Crippen LogP contribution in [0, 0.1) is 5.82 Å². The maximum absolute atomic E-state index is 14.0. The lowest BCUT2D eigenvalue weighted by Gasteiger charge is -2.19. The maximum Gasteiger partial charge on any atom is 0.224 e. The number of tetrazole rings is 1. The van der Waals surface area contributed by atoms with Gasteiger partial charge in [0.05, 0.1) is 23.1 Å². The van der Waals surface area contributed by atoms with Crippen LogP contribution >= 0.6 is 11.6 Å². The van der Waals surface area contributed by atoms with Crippen molar-refractivity contribution >= 4 is 29.1 Å². The van der Waals surface area contributed by atoms with Gasteiger partial charge >= 0.3 is 0 Å². The number of hydrogen-bond acceptors (Lipinski definition) is 6. The Hall–Kier alpha value is -4.44. The maximum atomic E-state index is 14.0. The summed E-state index contributed by atoms with van der Waals surface area (Å²) in [6.07, 6.45) is 8.85. The van der Waals surface area contributed by atoms with Crippen LogP contribution in [0.2, 0.25) is 5.02 Å². The van der Waals surface area contributed by atoms with Crippen LogP contribution in [0.5, 0.6) is 0 Å². The summed E-state index contributed by atoms with van der Waals surface area (Å²) in [6, 6.07) is 12.9. The van der Waals surface area contributed by atoms with E-state index in [9.17, 15) is 14.0 Å². The Morgan fingerprint density at radius 2 is 2.05 bits per heavy atom. The molecule has 1 atom stereocenters. The number of hydrogen-bond donors (Lipinski definition) is 2. The Morgan fingerprint density at radius 3 is 2.90 bits per heavy atom. The molecule has 39 heavy (non-hydrogen) atoms. The normalized spacial score (nSPS) is 16.2. The first-order chi connectivity index (χ1) is 19.0. The fraction of sp³-hybridized carbons (Fsp3) is 0.214. The summed E-state index contributed by atoms with van der Waals surface area (Å²) in [7, 11) is 0. The number of rotatable bonds is 5. The molecule has 1 aliphatic rings. The predicted molar refractivity (Wildman–Crippen MR) is 145 cm³/mol. The van der Waals surface area contributed by atoms with E-state index in [1.165, 1.54) is 23.1 Å². The Bertz CT molecular complexity index is 1520. The SMILES string of the molecule is O=C1CC/C=C/C[C@H](NC(=O)CCc2cc(Cl)ccc2-n2cnnn2)c2cc(ccn2)-c2ccc(F)cc2N1. The van der Waals surface area contributed by atoms with E-state index in [1.807, 2.05) is 24.3 Å². The summed E-state index contributed by atoms with van der Waals surface area (Å²) in [5.41, 5.74) is 4.05. The first-order valence-corrected chi connectivity index (χ1v) is 12.9. The molecule has 0 spiro atoms. The molecule has 3 heterocycles. The highest BCUT2D eigenvalue weighted by molar-refractivity contribution is 6.30. The average molecular weight is 546 g/mol. The topological polar surface area (TPSA) is 115 Å². The number of allylic oxidation sites excluding steroid dienone is 1. The molecule has 1 aliphatic heterocycles. The van der Waals surface area contributed by atoms with Crippen molar-refractivity contribution < 1.29 is 14.0 Å².